The van der Waals surface area contributed by atoms with E-state index >= 15 is 0 Å². The summed E-state index contributed by atoms with van der Waals surface area (Å²) in [5.74, 6) is -0.335. The van der Waals surface area contributed by atoms with E-state index in [9.17, 15) is 9.59 Å². The summed E-state index contributed by atoms with van der Waals surface area (Å²) >= 11 is 5.90. The van der Waals surface area contributed by atoms with Crippen LogP contribution in [0.15, 0.2) is 54.6 Å². The Kier molecular flexibility index (Phi) is 6.85. The first-order valence-corrected chi connectivity index (χ1v) is 9.57. The highest BCUT2D eigenvalue weighted by molar-refractivity contribution is 6.30. The summed E-state index contributed by atoms with van der Waals surface area (Å²) in [7, 11) is 0. The normalized spacial score (nSPS) is 15.2. The Labute approximate surface area is 164 Å². The molecule has 0 aromatic heterocycles. The van der Waals surface area contributed by atoms with Crippen molar-refractivity contribution < 1.29 is 9.59 Å². The molecule has 27 heavy (non-hydrogen) atoms. The molecule has 0 unspecified atom stereocenters. The van der Waals surface area contributed by atoms with Gasteiger partial charge in [-0.15, -0.1) is 0 Å². The maximum Gasteiger partial charge on any atom is 0.251 e. The van der Waals surface area contributed by atoms with Crippen LogP contribution in [-0.2, 0) is 11.3 Å². The van der Waals surface area contributed by atoms with Crippen LogP contribution in [0.25, 0.3) is 0 Å². The van der Waals surface area contributed by atoms with Crippen molar-refractivity contribution in [1.82, 2.24) is 15.1 Å². The van der Waals surface area contributed by atoms with Crippen molar-refractivity contribution in [3.05, 3.63) is 70.7 Å². The van der Waals surface area contributed by atoms with E-state index in [4.69, 9.17) is 11.6 Å². The average Bonchev–Trinajstić information content (AvgIpc) is 2.92. The van der Waals surface area contributed by atoms with Gasteiger partial charge in [0.1, 0.15) is 0 Å². The first-order chi connectivity index (χ1) is 13.1. The molecule has 0 spiro atoms. The Bertz CT molecular complexity index is 782. The number of benzene rings is 2. The lowest BCUT2D eigenvalue weighted by atomic mass is 10.2. The van der Waals surface area contributed by atoms with E-state index in [2.05, 4.69) is 22.3 Å². The maximum atomic E-state index is 12.5. The van der Waals surface area contributed by atoms with E-state index in [0.29, 0.717) is 17.1 Å². The fourth-order valence-electron chi connectivity index (χ4n) is 3.22. The molecule has 2 aromatic rings. The van der Waals surface area contributed by atoms with Gasteiger partial charge in [0.25, 0.3) is 5.91 Å². The third-order valence-corrected chi connectivity index (χ3v) is 4.91. The summed E-state index contributed by atoms with van der Waals surface area (Å²) in [5.41, 5.74) is 1.74. The largest absolute Gasteiger partial charge is 0.343 e. The number of halogens is 1. The first-order valence-electron chi connectivity index (χ1n) is 9.19. The quantitative estimate of drug-likeness (QED) is 0.861. The molecule has 1 aliphatic heterocycles. The lowest BCUT2D eigenvalue weighted by Crippen LogP contribution is -2.42. The minimum atomic E-state index is -0.286. The SMILES string of the molecule is O=C(NCC(=O)N1CCCN(Cc2ccccc2)CC1)c1cccc(Cl)c1. The van der Waals surface area contributed by atoms with Gasteiger partial charge in [-0.05, 0) is 30.2 Å². The second kappa shape index (κ2) is 9.53. The topological polar surface area (TPSA) is 52.7 Å². The fraction of sp³-hybridized carbons (Fsp3) is 0.333. The van der Waals surface area contributed by atoms with Gasteiger partial charge in [0.05, 0.1) is 6.54 Å². The van der Waals surface area contributed by atoms with E-state index in [1.807, 2.05) is 23.1 Å². The van der Waals surface area contributed by atoms with E-state index in [0.717, 1.165) is 32.6 Å². The van der Waals surface area contributed by atoms with Crippen LogP contribution in [0.4, 0.5) is 0 Å². The Morgan fingerprint density at radius 1 is 0.963 bits per heavy atom. The van der Waals surface area contributed by atoms with Gasteiger partial charge in [0, 0.05) is 43.3 Å². The molecule has 0 radical (unpaired) electrons. The average molecular weight is 386 g/mol. The molecular formula is C21H24ClN3O2. The van der Waals surface area contributed by atoms with Crippen LogP contribution in [0.1, 0.15) is 22.3 Å². The molecule has 3 rings (SSSR count). The van der Waals surface area contributed by atoms with Crippen LogP contribution in [0.5, 0.6) is 0 Å². The molecular weight excluding hydrogens is 362 g/mol. The van der Waals surface area contributed by atoms with Crippen molar-refractivity contribution >= 4 is 23.4 Å². The Morgan fingerprint density at radius 3 is 2.56 bits per heavy atom. The van der Waals surface area contributed by atoms with Crippen LogP contribution in [0.3, 0.4) is 0 Å². The highest BCUT2D eigenvalue weighted by Crippen LogP contribution is 2.11. The van der Waals surface area contributed by atoms with Crippen LogP contribution in [0.2, 0.25) is 5.02 Å². The number of nitrogens with zero attached hydrogens (tertiary/aromatic N) is 2. The minimum absolute atomic E-state index is 0.00400. The second-order valence-corrected chi connectivity index (χ2v) is 7.13. The van der Waals surface area contributed by atoms with Gasteiger partial charge in [0.15, 0.2) is 0 Å². The van der Waals surface area contributed by atoms with E-state index in [-0.39, 0.29) is 18.4 Å². The monoisotopic (exact) mass is 385 g/mol. The summed E-state index contributed by atoms with van der Waals surface area (Å²) in [4.78, 5) is 28.8. The van der Waals surface area contributed by atoms with Gasteiger partial charge in [-0.3, -0.25) is 14.5 Å². The number of amides is 2. The molecule has 1 saturated heterocycles. The number of carbonyl (C=O) groups is 2. The molecule has 2 amide bonds. The van der Waals surface area contributed by atoms with Crippen molar-refractivity contribution in [3.8, 4) is 0 Å². The number of rotatable bonds is 5. The van der Waals surface area contributed by atoms with Gasteiger partial charge in [-0.25, -0.2) is 0 Å². The Hall–Kier alpha value is -2.37. The Balaban J connectivity index is 1.47. The van der Waals surface area contributed by atoms with Crippen molar-refractivity contribution in [2.75, 3.05) is 32.7 Å². The smallest absolute Gasteiger partial charge is 0.251 e. The predicted molar refractivity (Wildman–Crippen MR) is 107 cm³/mol. The number of hydrogen-bond donors (Lipinski definition) is 1. The minimum Gasteiger partial charge on any atom is -0.343 e. The molecule has 0 bridgehead atoms. The van der Waals surface area contributed by atoms with Crippen molar-refractivity contribution in [2.24, 2.45) is 0 Å². The van der Waals surface area contributed by atoms with Gasteiger partial charge in [0.2, 0.25) is 5.91 Å². The summed E-state index contributed by atoms with van der Waals surface area (Å²) in [6.45, 7) is 4.10. The van der Waals surface area contributed by atoms with Crippen molar-refractivity contribution in [1.29, 1.82) is 0 Å². The summed E-state index contributed by atoms with van der Waals surface area (Å²) in [6, 6.07) is 17.1. The van der Waals surface area contributed by atoms with Crippen LogP contribution < -0.4 is 5.32 Å². The number of carbonyl (C=O) groups excluding carboxylic acids is 2. The predicted octanol–water partition coefficient (Wildman–Crippen LogP) is 2.80. The van der Waals surface area contributed by atoms with E-state index < -0.39 is 0 Å². The van der Waals surface area contributed by atoms with E-state index in [1.54, 1.807) is 24.3 Å². The lowest BCUT2D eigenvalue weighted by Gasteiger charge is -2.22. The summed E-state index contributed by atoms with van der Waals surface area (Å²) < 4.78 is 0. The van der Waals surface area contributed by atoms with Crippen LogP contribution in [0, 0.1) is 0 Å². The second-order valence-electron chi connectivity index (χ2n) is 6.69. The summed E-state index contributed by atoms with van der Waals surface area (Å²) in [5, 5.41) is 3.19. The standard InChI is InChI=1S/C21H24ClN3O2/c22-19-9-4-8-18(14-19)21(27)23-15-20(26)25-11-5-10-24(12-13-25)16-17-6-2-1-3-7-17/h1-4,6-9,14H,5,10-13,15-16H2,(H,23,27). The zero-order valence-electron chi connectivity index (χ0n) is 15.2. The fourth-order valence-corrected chi connectivity index (χ4v) is 3.41. The molecule has 0 aliphatic carbocycles. The lowest BCUT2D eigenvalue weighted by molar-refractivity contribution is -0.130. The molecule has 6 heteroatoms. The molecule has 0 atom stereocenters. The molecule has 2 aromatic carbocycles. The molecule has 0 saturated carbocycles. The highest BCUT2D eigenvalue weighted by Gasteiger charge is 2.19. The van der Waals surface area contributed by atoms with Crippen LogP contribution >= 0.6 is 11.6 Å². The maximum absolute atomic E-state index is 12.5. The third kappa shape index (κ3) is 5.81. The highest BCUT2D eigenvalue weighted by atomic mass is 35.5. The van der Waals surface area contributed by atoms with Crippen molar-refractivity contribution in [3.63, 3.8) is 0 Å². The summed E-state index contributed by atoms with van der Waals surface area (Å²) in [6.07, 6.45) is 0.931. The van der Waals surface area contributed by atoms with Gasteiger partial charge in [-0.2, -0.15) is 0 Å². The number of nitrogens with one attached hydrogen (secondary N) is 1. The molecule has 1 heterocycles. The Morgan fingerprint density at radius 2 is 1.78 bits per heavy atom. The first kappa shape index (κ1) is 19.4. The molecule has 5 nitrogen and oxygen atoms in total. The zero-order chi connectivity index (χ0) is 19.1. The number of hydrogen-bond acceptors (Lipinski definition) is 3. The van der Waals surface area contributed by atoms with Gasteiger partial charge < -0.3 is 10.2 Å². The zero-order valence-corrected chi connectivity index (χ0v) is 16.0. The van der Waals surface area contributed by atoms with Crippen molar-refractivity contribution in [2.45, 2.75) is 13.0 Å². The van der Waals surface area contributed by atoms with Gasteiger partial charge >= 0.3 is 0 Å². The van der Waals surface area contributed by atoms with Crippen LogP contribution in [-0.4, -0.2) is 54.3 Å². The molecule has 1 aliphatic rings. The van der Waals surface area contributed by atoms with E-state index in [1.165, 1.54) is 5.56 Å². The molecule has 1 fully saturated rings. The molecule has 1 N–H and O–H groups in total. The van der Waals surface area contributed by atoms with Gasteiger partial charge in [-0.1, -0.05) is 48.0 Å². The molecule has 142 valence electrons. The third-order valence-electron chi connectivity index (χ3n) is 4.68.